The normalized spacial score (nSPS) is 10.6. The van der Waals surface area contributed by atoms with E-state index in [2.05, 4.69) is 5.16 Å². The van der Waals surface area contributed by atoms with Crippen LogP contribution in [-0.4, -0.2) is 27.6 Å². The Morgan fingerprint density at radius 2 is 1.91 bits per heavy atom. The topological polar surface area (TPSA) is 51.3 Å². The summed E-state index contributed by atoms with van der Waals surface area (Å²) in [6, 6.07) is 13.3. The molecule has 3 aromatic rings. The van der Waals surface area contributed by atoms with Crippen LogP contribution in [0.25, 0.3) is 5.69 Å². The van der Waals surface area contributed by atoms with E-state index in [0.717, 1.165) is 17.1 Å². The van der Waals surface area contributed by atoms with Crippen molar-refractivity contribution in [3.05, 3.63) is 71.9 Å². The second-order valence-electron chi connectivity index (χ2n) is 5.23. The molecule has 5 nitrogen and oxygen atoms in total. The van der Waals surface area contributed by atoms with E-state index >= 15 is 0 Å². The van der Waals surface area contributed by atoms with Crippen molar-refractivity contribution in [2.45, 2.75) is 13.5 Å². The average molecular weight is 295 g/mol. The molecule has 0 spiro atoms. The molecule has 0 radical (unpaired) electrons. The highest BCUT2D eigenvalue weighted by Gasteiger charge is 2.13. The number of nitrogens with zero attached hydrogens (tertiary/aromatic N) is 3. The zero-order chi connectivity index (χ0) is 15.5. The molecule has 0 aliphatic rings. The molecule has 0 unspecified atom stereocenters. The fraction of sp³-hybridized carbons (Fsp3) is 0.176. The highest BCUT2D eigenvalue weighted by Crippen LogP contribution is 2.13. The molecule has 0 fully saturated rings. The molecule has 3 rings (SSSR count). The lowest BCUT2D eigenvalue weighted by Crippen LogP contribution is -2.26. The molecule has 0 saturated heterocycles. The molecule has 0 atom stereocenters. The summed E-state index contributed by atoms with van der Waals surface area (Å²) in [4.78, 5) is 14.0. The van der Waals surface area contributed by atoms with Crippen LogP contribution in [0.5, 0.6) is 0 Å². The molecule has 112 valence electrons. The molecule has 0 saturated carbocycles. The first-order chi connectivity index (χ1) is 10.6. The number of hydrogen-bond donors (Lipinski definition) is 0. The van der Waals surface area contributed by atoms with E-state index in [9.17, 15) is 4.79 Å². The smallest absolute Gasteiger partial charge is 0.253 e. The van der Waals surface area contributed by atoms with Crippen LogP contribution >= 0.6 is 0 Å². The van der Waals surface area contributed by atoms with Crippen LogP contribution in [0.15, 0.2) is 59.4 Å². The minimum absolute atomic E-state index is 0.0419. The molecule has 0 aliphatic carbocycles. The predicted octanol–water partition coefficient (Wildman–Crippen LogP) is 3.05. The van der Waals surface area contributed by atoms with Crippen molar-refractivity contribution in [3.63, 3.8) is 0 Å². The first-order valence-electron chi connectivity index (χ1n) is 7.04. The Hall–Kier alpha value is -2.82. The van der Waals surface area contributed by atoms with Crippen molar-refractivity contribution in [2.24, 2.45) is 0 Å². The lowest BCUT2D eigenvalue weighted by atomic mass is 10.2. The van der Waals surface area contributed by atoms with Crippen LogP contribution in [0, 0.1) is 6.92 Å². The van der Waals surface area contributed by atoms with Gasteiger partial charge in [-0.2, -0.15) is 0 Å². The zero-order valence-electron chi connectivity index (χ0n) is 12.6. The van der Waals surface area contributed by atoms with Crippen molar-refractivity contribution in [3.8, 4) is 5.69 Å². The van der Waals surface area contributed by atoms with Crippen molar-refractivity contribution in [1.29, 1.82) is 0 Å². The van der Waals surface area contributed by atoms with Crippen LogP contribution < -0.4 is 0 Å². The highest BCUT2D eigenvalue weighted by atomic mass is 16.5. The number of amides is 1. The first-order valence-corrected chi connectivity index (χ1v) is 7.04. The van der Waals surface area contributed by atoms with E-state index in [1.54, 1.807) is 11.9 Å². The van der Waals surface area contributed by atoms with E-state index in [4.69, 9.17) is 4.52 Å². The van der Waals surface area contributed by atoms with Crippen LogP contribution in [0.2, 0.25) is 0 Å². The van der Waals surface area contributed by atoms with E-state index in [0.29, 0.717) is 12.1 Å². The van der Waals surface area contributed by atoms with Gasteiger partial charge in [-0.05, 0) is 43.3 Å². The van der Waals surface area contributed by atoms with Crippen LogP contribution in [0.4, 0.5) is 0 Å². The van der Waals surface area contributed by atoms with Crippen molar-refractivity contribution in [1.82, 2.24) is 14.6 Å². The van der Waals surface area contributed by atoms with Gasteiger partial charge in [-0.1, -0.05) is 5.16 Å². The van der Waals surface area contributed by atoms with Gasteiger partial charge in [0.2, 0.25) is 0 Å². The van der Waals surface area contributed by atoms with Crippen LogP contribution in [0.1, 0.15) is 21.8 Å². The van der Waals surface area contributed by atoms with E-state index in [1.807, 2.05) is 66.3 Å². The fourth-order valence-electron chi connectivity index (χ4n) is 2.31. The quantitative estimate of drug-likeness (QED) is 0.743. The third-order valence-electron chi connectivity index (χ3n) is 3.44. The predicted molar refractivity (Wildman–Crippen MR) is 82.8 cm³/mol. The van der Waals surface area contributed by atoms with Gasteiger partial charge in [-0.15, -0.1) is 0 Å². The number of aromatic nitrogens is 2. The van der Waals surface area contributed by atoms with Crippen molar-refractivity contribution >= 4 is 5.91 Å². The van der Waals surface area contributed by atoms with Gasteiger partial charge in [-0.3, -0.25) is 4.79 Å². The van der Waals surface area contributed by atoms with Gasteiger partial charge < -0.3 is 14.0 Å². The second kappa shape index (κ2) is 5.89. The van der Waals surface area contributed by atoms with Crippen molar-refractivity contribution < 1.29 is 9.32 Å². The molecule has 0 N–H and O–H groups in total. The van der Waals surface area contributed by atoms with Gasteiger partial charge in [0, 0.05) is 36.8 Å². The fourth-order valence-corrected chi connectivity index (χ4v) is 2.31. The Morgan fingerprint density at radius 3 is 2.50 bits per heavy atom. The number of carbonyl (C=O) groups excluding carboxylic acids is 1. The standard InChI is InChI=1S/C17H17N3O2/c1-13-11-15(18-22-13)12-19(2)17(21)14-5-7-16(8-6-14)20-9-3-4-10-20/h3-11H,12H2,1-2H3. The van der Waals surface area contributed by atoms with Crippen LogP contribution in [0.3, 0.4) is 0 Å². The Bertz CT molecular complexity index is 758. The number of benzene rings is 1. The van der Waals surface area contributed by atoms with Gasteiger partial charge in [0.25, 0.3) is 5.91 Å². The summed E-state index contributed by atoms with van der Waals surface area (Å²) in [6.07, 6.45) is 3.94. The van der Waals surface area contributed by atoms with E-state index < -0.39 is 0 Å². The third kappa shape index (κ3) is 2.93. The molecule has 1 aromatic carbocycles. The minimum Gasteiger partial charge on any atom is -0.361 e. The lowest BCUT2D eigenvalue weighted by molar-refractivity contribution is 0.0782. The zero-order valence-corrected chi connectivity index (χ0v) is 12.6. The maximum absolute atomic E-state index is 12.4. The van der Waals surface area contributed by atoms with E-state index in [-0.39, 0.29) is 5.91 Å². The monoisotopic (exact) mass is 295 g/mol. The Kier molecular flexibility index (Phi) is 3.78. The largest absolute Gasteiger partial charge is 0.361 e. The summed E-state index contributed by atoms with van der Waals surface area (Å²) in [5.41, 5.74) is 2.42. The molecule has 2 aromatic heterocycles. The van der Waals surface area contributed by atoms with Crippen LogP contribution in [-0.2, 0) is 6.54 Å². The second-order valence-corrected chi connectivity index (χ2v) is 5.23. The summed E-state index contributed by atoms with van der Waals surface area (Å²) in [5, 5.41) is 3.91. The highest BCUT2D eigenvalue weighted by molar-refractivity contribution is 5.94. The summed E-state index contributed by atoms with van der Waals surface area (Å²) >= 11 is 0. The number of aryl methyl sites for hydroxylation is 1. The maximum atomic E-state index is 12.4. The minimum atomic E-state index is -0.0419. The maximum Gasteiger partial charge on any atom is 0.253 e. The lowest BCUT2D eigenvalue weighted by Gasteiger charge is -2.15. The summed E-state index contributed by atoms with van der Waals surface area (Å²) in [7, 11) is 1.76. The molecule has 0 aliphatic heterocycles. The molecule has 1 amide bonds. The summed E-state index contributed by atoms with van der Waals surface area (Å²) < 4.78 is 7.01. The molecule has 5 heteroatoms. The molecule has 22 heavy (non-hydrogen) atoms. The van der Waals surface area contributed by atoms with Crippen molar-refractivity contribution in [2.75, 3.05) is 7.05 Å². The molecule has 0 bridgehead atoms. The number of carbonyl (C=O) groups is 1. The van der Waals surface area contributed by atoms with E-state index in [1.165, 1.54) is 0 Å². The Morgan fingerprint density at radius 1 is 1.23 bits per heavy atom. The van der Waals surface area contributed by atoms with Gasteiger partial charge >= 0.3 is 0 Å². The molecular weight excluding hydrogens is 278 g/mol. The Balaban J connectivity index is 1.71. The SMILES string of the molecule is Cc1cc(CN(C)C(=O)c2ccc(-n3cccc3)cc2)no1. The summed E-state index contributed by atoms with van der Waals surface area (Å²) in [5.74, 6) is 0.701. The number of hydrogen-bond acceptors (Lipinski definition) is 3. The third-order valence-corrected chi connectivity index (χ3v) is 3.44. The average Bonchev–Trinajstić information content (AvgIpc) is 3.18. The van der Waals surface area contributed by atoms with Gasteiger partial charge in [0.1, 0.15) is 11.5 Å². The molecule has 2 heterocycles. The summed E-state index contributed by atoms with van der Waals surface area (Å²) in [6.45, 7) is 2.26. The van der Waals surface area contributed by atoms with Gasteiger partial charge in [0.05, 0.1) is 6.54 Å². The van der Waals surface area contributed by atoms with Gasteiger partial charge in [-0.25, -0.2) is 0 Å². The van der Waals surface area contributed by atoms with Gasteiger partial charge in [0.15, 0.2) is 0 Å². The first kappa shape index (κ1) is 14.1. The molecular formula is C17H17N3O2. The number of rotatable bonds is 4. The Labute approximate surface area is 128 Å².